The standard InChI is InChI=1S/C19H24ClN5O2/c1-2-21-19(23-10-9-14-3-8-17(20)25-13-14)24-12-11-22-18(27)15-4-6-16(26)7-5-15/h3-8,13,26H,2,9-12H2,1H3,(H,22,27)(H2,21,23,24). The van der Waals surface area contributed by atoms with Gasteiger partial charge in [-0.25, -0.2) is 4.98 Å². The number of aliphatic imine (C=N–C) groups is 1. The van der Waals surface area contributed by atoms with Gasteiger partial charge in [-0.15, -0.1) is 0 Å². The van der Waals surface area contributed by atoms with Gasteiger partial charge in [-0.05, 0) is 49.2 Å². The molecule has 0 saturated heterocycles. The summed E-state index contributed by atoms with van der Waals surface area (Å²) in [5.74, 6) is 0.640. The smallest absolute Gasteiger partial charge is 0.251 e. The van der Waals surface area contributed by atoms with Crippen molar-refractivity contribution in [2.45, 2.75) is 13.3 Å². The van der Waals surface area contributed by atoms with Crippen molar-refractivity contribution < 1.29 is 9.90 Å². The topological polar surface area (TPSA) is 98.6 Å². The number of phenolic OH excluding ortho intramolecular Hbond substituents is 1. The molecule has 0 unspecified atom stereocenters. The Morgan fingerprint density at radius 3 is 2.52 bits per heavy atom. The monoisotopic (exact) mass is 389 g/mol. The summed E-state index contributed by atoms with van der Waals surface area (Å²) in [5.41, 5.74) is 1.57. The van der Waals surface area contributed by atoms with Gasteiger partial charge in [-0.2, -0.15) is 0 Å². The average molecular weight is 390 g/mol. The Bertz CT molecular complexity index is 748. The Labute approximate surface area is 163 Å². The molecule has 8 heteroatoms. The lowest BCUT2D eigenvalue weighted by atomic mass is 10.2. The summed E-state index contributed by atoms with van der Waals surface area (Å²) in [5, 5.41) is 18.9. The van der Waals surface area contributed by atoms with Gasteiger partial charge in [-0.1, -0.05) is 17.7 Å². The second-order valence-electron chi connectivity index (χ2n) is 5.73. The number of hydrogen-bond donors (Lipinski definition) is 4. The summed E-state index contributed by atoms with van der Waals surface area (Å²) >= 11 is 5.78. The summed E-state index contributed by atoms with van der Waals surface area (Å²) in [6, 6.07) is 9.83. The molecule has 4 N–H and O–H groups in total. The van der Waals surface area contributed by atoms with Crippen LogP contribution < -0.4 is 16.0 Å². The number of phenols is 1. The van der Waals surface area contributed by atoms with Gasteiger partial charge in [-0.3, -0.25) is 9.79 Å². The molecule has 1 aromatic heterocycles. The van der Waals surface area contributed by atoms with Crippen LogP contribution in [0.3, 0.4) is 0 Å². The summed E-state index contributed by atoms with van der Waals surface area (Å²) in [7, 11) is 0. The third kappa shape index (κ3) is 7.53. The maximum Gasteiger partial charge on any atom is 0.251 e. The summed E-state index contributed by atoms with van der Waals surface area (Å²) in [6.07, 6.45) is 2.51. The van der Waals surface area contributed by atoms with Gasteiger partial charge < -0.3 is 21.1 Å². The molecule has 7 nitrogen and oxygen atoms in total. The van der Waals surface area contributed by atoms with Crippen LogP contribution in [0.4, 0.5) is 0 Å². The molecule has 0 saturated carbocycles. The number of nitrogens with zero attached hydrogens (tertiary/aromatic N) is 2. The van der Waals surface area contributed by atoms with Gasteiger partial charge in [0.1, 0.15) is 10.9 Å². The van der Waals surface area contributed by atoms with E-state index in [1.165, 1.54) is 12.1 Å². The number of carbonyl (C=O) groups is 1. The first kappa shape index (κ1) is 20.5. The van der Waals surface area contributed by atoms with Crippen molar-refractivity contribution in [1.82, 2.24) is 20.9 Å². The summed E-state index contributed by atoms with van der Waals surface area (Å²) in [6.45, 7) is 4.34. The number of carbonyl (C=O) groups excluding carboxylic acids is 1. The van der Waals surface area contributed by atoms with Crippen LogP contribution in [0.2, 0.25) is 5.15 Å². The first-order valence-corrected chi connectivity index (χ1v) is 9.16. The van der Waals surface area contributed by atoms with Crippen molar-refractivity contribution >= 4 is 23.5 Å². The second kappa shape index (κ2) is 11.0. The van der Waals surface area contributed by atoms with E-state index in [4.69, 9.17) is 11.6 Å². The van der Waals surface area contributed by atoms with E-state index < -0.39 is 0 Å². The van der Waals surface area contributed by atoms with Crippen LogP contribution in [0.25, 0.3) is 0 Å². The molecule has 0 atom stereocenters. The van der Waals surface area contributed by atoms with Crippen LogP contribution >= 0.6 is 11.6 Å². The van der Waals surface area contributed by atoms with Crippen LogP contribution in [-0.2, 0) is 6.42 Å². The van der Waals surface area contributed by atoms with E-state index in [1.54, 1.807) is 24.4 Å². The van der Waals surface area contributed by atoms with Gasteiger partial charge in [0.05, 0.1) is 0 Å². The average Bonchev–Trinajstić information content (AvgIpc) is 2.67. The number of hydrogen-bond acceptors (Lipinski definition) is 4. The minimum Gasteiger partial charge on any atom is -0.508 e. The lowest BCUT2D eigenvalue weighted by Gasteiger charge is -2.12. The van der Waals surface area contributed by atoms with Crippen LogP contribution in [0.1, 0.15) is 22.8 Å². The van der Waals surface area contributed by atoms with Crippen LogP contribution in [0.15, 0.2) is 47.6 Å². The number of aromatic nitrogens is 1. The number of rotatable bonds is 8. The van der Waals surface area contributed by atoms with Crippen molar-refractivity contribution in [3.8, 4) is 5.75 Å². The number of guanidine groups is 1. The third-order valence-electron chi connectivity index (χ3n) is 3.64. The lowest BCUT2D eigenvalue weighted by Crippen LogP contribution is -2.41. The molecule has 144 valence electrons. The van der Waals surface area contributed by atoms with Gasteiger partial charge >= 0.3 is 0 Å². The Hall–Kier alpha value is -2.80. The Morgan fingerprint density at radius 1 is 1.11 bits per heavy atom. The highest BCUT2D eigenvalue weighted by Gasteiger charge is 2.04. The molecule has 0 aliphatic heterocycles. The van der Waals surface area contributed by atoms with E-state index in [0.717, 1.165) is 18.5 Å². The lowest BCUT2D eigenvalue weighted by molar-refractivity contribution is 0.0954. The number of halogens is 1. The minimum absolute atomic E-state index is 0.133. The molecular formula is C19H24ClN5O2. The van der Waals surface area contributed by atoms with Gasteiger partial charge in [0.2, 0.25) is 0 Å². The maximum absolute atomic E-state index is 12.0. The molecule has 2 rings (SSSR count). The SMILES string of the molecule is CCNC(=NCCc1ccc(Cl)nc1)NCCNC(=O)c1ccc(O)cc1. The van der Waals surface area contributed by atoms with E-state index >= 15 is 0 Å². The van der Waals surface area contributed by atoms with Crippen molar-refractivity contribution in [2.75, 3.05) is 26.2 Å². The quantitative estimate of drug-likeness (QED) is 0.239. The zero-order chi connectivity index (χ0) is 19.5. The van der Waals surface area contributed by atoms with Crippen LogP contribution in [0, 0.1) is 0 Å². The first-order valence-electron chi connectivity index (χ1n) is 8.78. The van der Waals surface area contributed by atoms with E-state index in [1.807, 2.05) is 13.0 Å². The maximum atomic E-state index is 12.0. The molecule has 1 aromatic carbocycles. The fourth-order valence-electron chi connectivity index (χ4n) is 2.26. The summed E-state index contributed by atoms with van der Waals surface area (Å²) in [4.78, 5) is 20.6. The third-order valence-corrected chi connectivity index (χ3v) is 3.86. The normalized spacial score (nSPS) is 11.1. The van der Waals surface area contributed by atoms with Crippen molar-refractivity contribution in [1.29, 1.82) is 0 Å². The van der Waals surface area contributed by atoms with Crippen molar-refractivity contribution in [3.05, 3.63) is 58.9 Å². The molecule has 1 heterocycles. The molecule has 0 bridgehead atoms. The minimum atomic E-state index is -0.186. The largest absolute Gasteiger partial charge is 0.508 e. The number of pyridine rings is 1. The highest BCUT2D eigenvalue weighted by atomic mass is 35.5. The van der Waals surface area contributed by atoms with Gasteiger partial charge in [0.25, 0.3) is 5.91 Å². The van der Waals surface area contributed by atoms with E-state index in [9.17, 15) is 9.90 Å². The van der Waals surface area contributed by atoms with Gasteiger partial charge in [0, 0.05) is 37.9 Å². The predicted octanol–water partition coefficient (Wildman–Crippen LogP) is 1.97. The van der Waals surface area contributed by atoms with Crippen molar-refractivity contribution in [3.63, 3.8) is 0 Å². The number of amides is 1. The number of benzene rings is 1. The number of nitrogens with one attached hydrogen (secondary N) is 3. The van der Waals surface area contributed by atoms with E-state index in [2.05, 4.69) is 25.9 Å². The zero-order valence-corrected chi connectivity index (χ0v) is 16.0. The van der Waals surface area contributed by atoms with Crippen LogP contribution in [-0.4, -0.2) is 48.1 Å². The molecule has 27 heavy (non-hydrogen) atoms. The number of aromatic hydroxyl groups is 1. The molecule has 1 amide bonds. The van der Waals surface area contributed by atoms with Crippen molar-refractivity contribution in [2.24, 2.45) is 4.99 Å². The Kier molecular flexibility index (Phi) is 8.38. The molecular weight excluding hydrogens is 366 g/mol. The predicted molar refractivity (Wildman–Crippen MR) is 107 cm³/mol. The fraction of sp³-hybridized carbons (Fsp3) is 0.316. The van der Waals surface area contributed by atoms with E-state index in [0.29, 0.717) is 36.3 Å². The zero-order valence-electron chi connectivity index (χ0n) is 15.2. The Morgan fingerprint density at radius 2 is 1.85 bits per heavy atom. The molecule has 0 fully saturated rings. The van der Waals surface area contributed by atoms with Crippen LogP contribution in [0.5, 0.6) is 5.75 Å². The highest BCUT2D eigenvalue weighted by Crippen LogP contribution is 2.09. The molecule has 2 aromatic rings. The first-order chi connectivity index (χ1) is 13.1. The second-order valence-corrected chi connectivity index (χ2v) is 6.12. The van der Waals surface area contributed by atoms with Gasteiger partial charge in [0.15, 0.2) is 5.96 Å². The highest BCUT2D eigenvalue weighted by molar-refractivity contribution is 6.29. The fourth-order valence-corrected chi connectivity index (χ4v) is 2.38. The molecule has 0 radical (unpaired) electrons. The molecule has 0 aliphatic carbocycles. The summed E-state index contributed by atoms with van der Waals surface area (Å²) < 4.78 is 0. The van der Waals surface area contributed by atoms with E-state index in [-0.39, 0.29) is 11.7 Å². The molecule has 0 aliphatic rings. The molecule has 0 spiro atoms. The Balaban J connectivity index is 1.73.